The zero-order valence-corrected chi connectivity index (χ0v) is 12.3. The molecule has 2 aromatic carbocycles. The number of rotatable bonds is 4. The van der Waals surface area contributed by atoms with Crippen molar-refractivity contribution in [2.75, 3.05) is 14.2 Å². The quantitative estimate of drug-likeness (QED) is 0.801. The molecule has 4 heteroatoms. The van der Waals surface area contributed by atoms with E-state index in [4.69, 9.17) is 21.1 Å². The number of ether oxygens (including phenoxy) is 2. The molecule has 0 amide bonds. The van der Waals surface area contributed by atoms with Crippen LogP contribution in [0, 0.1) is 6.92 Å². The van der Waals surface area contributed by atoms with Gasteiger partial charge in [0.15, 0.2) is 5.78 Å². The summed E-state index contributed by atoms with van der Waals surface area (Å²) >= 11 is 6.04. The zero-order valence-electron chi connectivity index (χ0n) is 11.6. The van der Waals surface area contributed by atoms with Crippen LogP contribution >= 0.6 is 11.6 Å². The summed E-state index contributed by atoms with van der Waals surface area (Å²) in [6.07, 6.45) is 0. The zero-order chi connectivity index (χ0) is 14.7. The van der Waals surface area contributed by atoms with Crippen molar-refractivity contribution in [2.45, 2.75) is 6.92 Å². The van der Waals surface area contributed by atoms with E-state index in [2.05, 4.69) is 0 Å². The molecule has 0 heterocycles. The van der Waals surface area contributed by atoms with Crippen molar-refractivity contribution in [1.82, 2.24) is 0 Å². The van der Waals surface area contributed by atoms with E-state index in [1.54, 1.807) is 37.4 Å². The Kier molecular flexibility index (Phi) is 4.30. The van der Waals surface area contributed by atoms with Gasteiger partial charge in [0.05, 0.1) is 19.2 Å². The Morgan fingerprint density at radius 1 is 0.950 bits per heavy atom. The number of hydrogen-bond donors (Lipinski definition) is 0. The van der Waals surface area contributed by atoms with Crippen molar-refractivity contribution in [2.24, 2.45) is 0 Å². The predicted octanol–water partition coefficient (Wildman–Crippen LogP) is 3.90. The van der Waals surface area contributed by atoms with E-state index >= 15 is 0 Å². The molecule has 0 aliphatic rings. The summed E-state index contributed by atoms with van der Waals surface area (Å²) in [6, 6.07) is 10.3. The number of aryl methyl sites for hydroxylation is 1. The van der Waals surface area contributed by atoms with Crippen LogP contribution in [0.25, 0.3) is 0 Å². The Bertz CT molecular complexity index is 650. The first-order valence-electron chi connectivity index (χ1n) is 6.09. The van der Waals surface area contributed by atoms with E-state index in [1.165, 1.54) is 7.11 Å². The largest absolute Gasteiger partial charge is 0.496 e. The molecule has 0 spiro atoms. The van der Waals surface area contributed by atoms with Crippen LogP contribution in [-0.4, -0.2) is 20.0 Å². The predicted molar refractivity (Wildman–Crippen MR) is 79.2 cm³/mol. The van der Waals surface area contributed by atoms with Crippen LogP contribution in [0.2, 0.25) is 5.02 Å². The Morgan fingerprint density at radius 3 is 2.15 bits per heavy atom. The van der Waals surface area contributed by atoms with Gasteiger partial charge < -0.3 is 9.47 Å². The Hall–Kier alpha value is -2.00. The molecule has 2 aromatic rings. The number of carbonyl (C=O) groups is 1. The van der Waals surface area contributed by atoms with Crippen molar-refractivity contribution >= 4 is 17.4 Å². The Labute approximate surface area is 123 Å². The molecule has 0 bridgehead atoms. The van der Waals surface area contributed by atoms with Gasteiger partial charge in [-0.05, 0) is 36.8 Å². The first-order valence-corrected chi connectivity index (χ1v) is 6.47. The number of halogens is 1. The lowest BCUT2D eigenvalue weighted by atomic mass is 10.0. The van der Waals surface area contributed by atoms with Gasteiger partial charge in [-0.2, -0.15) is 0 Å². The van der Waals surface area contributed by atoms with Crippen molar-refractivity contribution in [3.05, 3.63) is 58.1 Å². The van der Waals surface area contributed by atoms with Crippen LogP contribution in [0.5, 0.6) is 11.5 Å². The third-order valence-electron chi connectivity index (χ3n) is 3.08. The number of hydrogen-bond acceptors (Lipinski definition) is 3. The second kappa shape index (κ2) is 5.97. The van der Waals surface area contributed by atoms with Gasteiger partial charge in [0.1, 0.15) is 11.5 Å². The minimum Gasteiger partial charge on any atom is -0.496 e. The highest BCUT2D eigenvalue weighted by Crippen LogP contribution is 2.27. The molecule has 0 atom stereocenters. The second-order valence-electron chi connectivity index (χ2n) is 4.36. The van der Waals surface area contributed by atoms with E-state index in [0.29, 0.717) is 27.6 Å². The van der Waals surface area contributed by atoms with Crippen molar-refractivity contribution in [3.8, 4) is 11.5 Å². The molecule has 0 unspecified atom stereocenters. The van der Waals surface area contributed by atoms with Gasteiger partial charge in [0, 0.05) is 11.1 Å². The lowest BCUT2D eigenvalue weighted by Crippen LogP contribution is -2.02. The summed E-state index contributed by atoms with van der Waals surface area (Å²) in [5.41, 5.74) is 2.06. The Balaban J connectivity index is 2.38. The highest BCUT2D eigenvalue weighted by atomic mass is 35.5. The molecule has 0 radical (unpaired) electrons. The Morgan fingerprint density at radius 2 is 1.55 bits per heavy atom. The maximum atomic E-state index is 12.4. The van der Waals surface area contributed by atoms with Crippen molar-refractivity contribution in [3.63, 3.8) is 0 Å². The van der Waals surface area contributed by atoms with Gasteiger partial charge in [-0.15, -0.1) is 0 Å². The molecule has 0 fully saturated rings. The van der Waals surface area contributed by atoms with Crippen LogP contribution < -0.4 is 9.47 Å². The summed E-state index contributed by atoms with van der Waals surface area (Å²) in [4.78, 5) is 12.4. The van der Waals surface area contributed by atoms with E-state index in [1.807, 2.05) is 13.0 Å². The highest BCUT2D eigenvalue weighted by Gasteiger charge is 2.13. The summed E-state index contributed by atoms with van der Waals surface area (Å²) in [5, 5.41) is 0.414. The first kappa shape index (κ1) is 14.4. The smallest absolute Gasteiger partial charge is 0.193 e. The third-order valence-corrected chi connectivity index (χ3v) is 3.38. The van der Waals surface area contributed by atoms with Crippen LogP contribution in [0.4, 0.5) is 0 Å². The van der Waals surface area contributed by atoms with Gasteiger partial charge in [-0.25, -0.2) is 0 Å². The molecule has 104 valence electrons. The summed E-state index contributed by atoms with van der Waals surface area (Å²) in [5.74, 6) is 1.13. The molecule has 20 heavy (non-hydrogen) atoms. The summed E-state index contributed by atoms with van der Waals surface area (Å²) in [7, 11) is 3.12. The number of methoxy groups -OCH3 is 2. The highest BCUT2D eigenvalue weighted by molar-refractivity contribution is 6.32. The van der Waals surface area contributed by atoms with Crippen LogP contribution in [0.15, 0.2) is 36.4 Å². The topological polar surface area (TPSA) is 35.5 Å². The average Bonchev–Trinajstić information content (AvgIpc) is 2.47. The van der Waals surface area contributed by atoms with Crippen LogP contribution in [-0.2, 0) is 0 Å². The SMILES string of the molecule is COc1cc(C(=O)c2ccc(OC)c(Cl)c2)ccc1C. The van der Waals surface area contributed by atoms with Gasteiger partial charge in [0.25, 0.3) is 0 Å². The van der Waals surface area contributed by atoms with Gasteiger partial charge in [-0.1, -0.05) is 23.7 Å². The average molecular weight is 291 g/mol. The fourth-order valence-corrected chi connectivity index (χ4v) is 2.19. The minimum absolute atomic E-state index is 0.104. The molecule has 0 saturated heterocycles. The van der Waals surface area contributed by atoms with E-state index in [-0.39, 0.29) is 5.78 Å². The number of ketones is 1. The molecule has 0 saturated carbocycles. The summed E-state index contributed by atoms with van der Waals surface area (Å²) < 4.78 is 10.3. The lowest BCUT2D eigenvalue weighted by Gasteiger charge is -2.08. The maximum Gasteiger partial charge on any atom is 0.193 e. The van der Waals surface area contributed by atoms with E-state index in [0.717, 1.165) is 5.56 Å². The minimum atomic E-state index is -0.104. The maximum absolute atomic E-state index is 12.4. The summed E-state index contributed by atoms with van der Waals surface area (Å²) in [6.45, 7) is 1.93. The number of carbonyl (C=O) groups excluding carboxylic acids is 1. The third kappa shape index (κ3) is 2.78. The van der Waals surface area contributed by atoms with Crippen LogP contribution in [0.1, 0.15) is 21.5 Å². The normalized spacial score (nSPS) is 10.2. The molecule has 0 aliphatic carbocycles. The molecular formula is C16H15ClO3. The lowest BCUT2D eigenvalue weighted by molar-refractivity contribution is 0.103. The fraction of sp³-hybridized carbons (Fsp3) is 0.188. The number of benzene rings is 2. The van der Waals surface area contributed by atoms with Gasteiger partial charge in [-0.3, -0.25) is 4.79 Å². The monoisotopic (exact) mass is 290 g/mol. The molecule has 0 N–H and O–H groups in total. The molecule has 0 aromatic heterocycles. The van der Waals surface area contributed by atoms with Crippen LogP contribution in [0.3, 0.4) is 0 Å². The van der Waals surface area contributed by atoms with E-state index < -0.39 is 0 Å². The van der Waals surface area contributed by atoms with Gasteiger partial charge in [0.2, 0.25) is 0 Å². The van der Waals surface area contributed by atoms with Crippen molar-refractivity contribution < 1.29 is 14.3 Å². The molecule has 3 nitrogen and oxygen atoms in total. The van der Waals surface area contributed by atoms with Crippen molar-refractivity contribution in [1.29, 1.82) is 0 Å². The molecular weight excluding hydrogens is 276 g/mol. The second-order valence-corrected chi connectivity index (χ2v) is 4.77. The van der Waals surface area contributed by atoms with E-state index in [9.17, 15) is 4.79 Å². The van der Waals surface area contributed by atoms with Gasteiger partial charge >= 0.3 is 0 Å². The fourth-order valence-electron chi connectivity index (χ4n) is 1.94. The standard InChI is InChI=1S/C16H15ClO3/c1-10-4-5-12(9-15(10)20-3)16(18)11-6-7-14(19-2)13(17)8-11/h4-9H,1-3H3. The molecule has 0 aliphatic heterocycles. The molecule has 2 rings (SSSR count). The first-order chi connectivity index (χ1) is 9.56.